The van der Waals surface area contributed by atoms with Crippen LogP contribution in [0.15, 0.2) is 35.9 Å². The molecular formula is C12H16N2. The van der Waals surface area contributed by atoms with Gasteiger partial charge in [-0.3, -0.25) is 4.90 Å². The summed E-state index contributed by atoms with van der Waals surface area (Å²) in [5.41, 5.74) is 9.32. The van der Waals surface area contributed by atoms with Crippen molar-refractivity contribution in [3.05, 3.63) is 41.5 Å². The fraction of sp³-hybridized carbons (Fsp3) is 0.333. The van der Waals surface area contributed by atoms with Gasteiger partial charge in [-0.1, -0.05) is 23.8 Å². The number of likely N-dealkylation sites (N-methyl/N-ethyl adjacent to an activating group) is 1. The minimum atomic E-state index is 0.401. The van der Waals surface area contributed by atoms with E-state index >= 15 is 0 Å². The van der Waals surface area contributed by atoms with E-state index in [2.05, 4.69) is 37.1 Å². The van der Waals surface area contributed by atoms with Crippen LogP contribution in [0, 0.1) is 0 Å². The third-order valence-electron chi connectivity index (χ3n) is 2.67. The van der Waals surface area contributed by atoms with Gasteiger partial charge >= 0.3 is 0 Å². The van der Waals surface area contributed by atoms with Gasteiger partial charge in [0.05, 0.1) is 6.04 Å². The van der Waals surface area contributed by atoms with Crippen LogP contribution in [0.5, 0.6) is 0 Å². The summed E-state index contributed by atoms with van der Waals surface area (Å²) in [6, 6.07) is 8.52. The smallest absolute Gasteiger partial charge is 0.0535 e. The van der Waals surface area contributed by atoms with Gasteiger partial charge in [0.25, 0.3) is 0 Å². The highest BCUT2D eigenvalue weighted by Gasteiger charge is 2.20. The molecule has 1 atom stereocenters. The monoisotopic (exact) mass is 188 g/mol. The van der Waals surface area contributed by atoms with Crippen molar-refractivity contribution in [3.8, 4) is 0 Å². The minimum Gasteiger partial charge on any atom is -0.399 e. The van der Waals surface area contributed by atoms with Crippen LogP contribution in [-0.4, -0.2) is 18.5 Å². The largest absolute Gasteiger partial charge is 0.399 e. The molecule has 0 fully saturated rings. The van der Waals surface area contributed by atoms with Gasteiger partial charge in [0.15, 0.2) is 0 Å². The van der Waals surface area contributed by atoms with E-state index in [1.807, 2.05) is 12.1 Å². The standard InChI is InChI=1S/C12H16N2/c1-9-6-12(14(2)8-9)10-4-3-5-11(13)7-10/h3-7,12H,8,13H2,1-2H3. The van der Waals surface area contributed by atoms with Gasteiger partial charge in [-0.25, -0.2) is 0 Å². The lowest BCUT2D eigenvalue weighted by atomic mass is 10.1. The van der Waals surface area contributed by atoms with Crippen molar-refractivity contribution in [2.45, 2.75) is 13.0 Å². The first kappa shape index (κ1) is 9.28. The molecule has 0 saturated carbocycles. The van der Waals surface area contributed by atoms with Gasteiger partial charge in [0, 0.05) is 12.2 Å². The summed E-state index contributed by atoms with van der Waals surface area (Å²) in [4.78, 5) is 2.32. The van der Waals surface area contributed by atoms with Crippen LogP contribution in [-0.2, 0) is 0 Å². The summed E-state index contributed by atoms with van der Waals surface area (Å²) >= 11 is 0. The predicted octanol–water partition coefficient (Wildman–Crippen LogP) is 2.20. The molecule has 2 heteroatoms. The third-order valence-corrected chi connectivity index (χ3v) is 2.67. The Hall–Kier alpha value is -1.28. The molecule has 1 heterocycles. The Morgan fingerprint density at radius 2 is 2.21 bits per heavy atom. The Labute approximate surface area is 85.0 Å². The molecule has 1 aliphatic heterocycles. The van der Waals surface area contributed by atoms with Gasteiger partial charge < -0.3 is 5.73 Å². The van der Waals surface area contributed by atoms with E-state index < -0.39 is 0 Å². The van der Waals surface area contributed by atoms with E-state index in [4.69, 9.17) is 5.73 Å². The average Bonchev–Trinajstić information content (AvgIpc) is 2.45. The molecule has 1 unspecified atom stereocenters. The number of rotatable bonds is 1. The molecule has 0 aromatic heterocycles. The van der Waals surface area contributed by atoms with E-state index in [9.17, 15) is 0 Å². The molecule has 2 N–H and O–H groups in total. The van der Waals surface area contributed by atoms with E-state index in [1.165, 1.54) is 11.1 Å². The fourth-order valence-corrected chi connectivity index (χ4v) is 2.03. The van der Waals surface area contributed by atoms with Crippen molar-refractivity contribution in [2.75, 3.05) is 19.3 Å². The molecule has 0 aliphatic carbocycles. The second-order valence-electron chi connectivity index (χ2n) is 4.04. The van der Waals surface area contributed by atoms with Gasteiger partial charge in [-0.2, -0.15) is 0 Å². The third kappa shape index (κ3) is 1.66. The zero-order valence-corrected chi connectivity index (χ0v) is 8.70. The number of hydrogen-bond acceptors (Lipinski definition) is 2. The first-order chi connectivity index (χ1) is 6.66. The lowest BCUT2D eigenvalue weighted by Gasteiger charge is -2.19. The SMILES string of the molecule is CC1=CC(c2cccc(N)c2)N(C)C1. The maximum Gasteiger partial charge on any atom is 0.0535 e. The van der Waals surface area contributed by atoms with Crippen LogP contribution in [0.4, 0.5) is 5.69 Å². The van der Waals surface area contributed by atoms with Crippen LogP contribution in [0.2, 0.25) is 0 Å². The normalized spacial score (nSPS) is 22.4. The quantitative estimate of drug-likeness (QED) is 0.541. The Morgan fingerprint density at radius 3 is 2.79 bits per heavy atom. The van der Waals surface area contributed by atoms with Crippen molar-refractivity contribution >= 4 is 5.69 Å². The molecule has 1 aromatic rings. The number of nitrogens with zero attached hydrogens (tertiary/aromatic N) is 1. The molecule has 1 aromatic carbocycles. The summed E-state index contributed by atoms with van der Waals surface area (Å²) in [5.74, 6) is 0. The first-order valence-corrected chi connectivity index (χ1v) is 4.90. The molecule has 0 saturated heterocycles. The zero-order valence-electron chi connectivity index (χ0n) is 8.70. The molecule has 0 radical (unpaired) electrons. The maximum atomic E-state index is 5.77. The predicted molar refractivity (Wildman–Crippen MR) is 60.0 cm³/mol. The topological polar surface area (TPSA) is 29.3 Å². The van der Waals surface area contributed by atoms with Crippen LogP contribution in [0.25, 0.3) is 0 Å². The summed E-state index contributed by atoms with van der Waals surface area (Å²) in [7, 11) is 2.14. The average molecular weight is 188 g/mol. The van der Waals surface area contributed by atoms with Crippen molar-refractivity contribution < 1.29 is 0 Å². The highest BCUT2D eigenvalue weighted by atomic mass is 15.1. The number of anilines is 1. The van der Waals surface area contributed by atoms with Crippen LogP contribution >= 0.6 is 0 Å². The molecule has 1 aliphatic rings. The van der Waals surface area contributed by atoms with Crippen molar-refractivity contribution in [1.29, 1.82) is 0 Å². The molecule has 2 nitrogen and oxygen atoms in total. The van der Waals surface area contributed by atoms with Crippen LogP contribution < -0.4 is 5.73 Å². The maximum absolute atomic E-state index is 5.77. The van der Waals surface area contributed by atoms with E-state index in [1.54, 1.807) is 0 Å². The van der Waals surface area contributed by atoms with Crippen LogP contribution in [0.3, 0.4) is 0 Å². The van der Waals surface area contributed by atoms with E-state index in [0.717, 1.165) is 12.2 Å². The lowest BCUT2D eigenvalue weighted by Crippen LogP contribution is -2.18. The lowest BCUT2D eigenvalue weighted by molar-refractivity contribution is 0.337. The van der Waals surface area contributed by atoms with E-state index in [0.29, 0.717) is 6.04 Å². The Bertz CT molecular complexity index is 368. The summed E-state index contributed by atoms with van der Waals surface area (Å²) in [6.45, 7) is 3.22. The number of hydrogen-bond donors (Lipinski definition) is 1. The van der Waals surface area contributed by atoms with E-state index in [-0.39, 0.29) is 0 Å². The molecule has 74 valence electrons. The minimum absolute atomic E-state index is 0.401. The highest BCUT2D eigenvalue weighted by molar-refractivity contribution is 5.43. The molecule has 0 amide bonds. The van der Waals surface area contributed by atoms with Crippen molar-refractivity contribution in [2.24, 2.45) is 0 Å². The number of nitrogen functional groups attached to an aromatic ring is 1. The molecular weight excluding hydrogens is 172 g/mol. The Kier molecular flexibility index (Phi) is 2.30. The number of benzene rings is 1. The summed E-state index contributed by atoms with van der Waals surface area (Å²) in [6.07, 6.45) is 2.30. The highest BCUT2D eigenvalue weighted by Crippen LogP contribution is 2.28. The second-order valence-corrected chi connectivity index (χ2v) is 4.04. The first-order valence-electron chi connectivity index (χ1n) is 4.90. The fourth-order valence-electron chi connectivity index (χ4n) is 2.03. The molecule has 0 spiro atoms. The molecule has 14 heavy (non-hydrogen) atoms. The Morgan fingerprint density at radius 1 is 1.43 bits per heavy atom. The zero-order chi connectivity index (χ0) is 10.1. The van der Waals surface area contributed by atoms with Crippen molar-refractivity contribution in [1.82, 2.24) is 4.90 Å². The molecule has 2 rings (SSSR count). The summed E-state index contributed by atoms with van der Waals surface area (Å²) in [5, 5.41) is 0. The second kappa shape index (κ2) is 3.46. The van der Waals surface area contributed by atoms with Crippen molar-refractivity contribution in [3.63, 3.8) is 0 Å². The van der Waals surface area contributed by atoms with Gasteiger partial charge in [-0.15, -0.1) is 0 Å². The van der Waals surface area contributed by atoms with Gasteiger partial charge in [-0.05, 0) is 31.7 Å². The van der Waals surface area contributed by atoms with Gasteiger partial charge in [0.1, 0.15) is 0 Å². The molecule has 0 bridgehead atoms. The summed E-state index contributed by atoms with van der Waals surface area (Å²) < 4.78 is 0. The Balaban J connectivity index is 2.31. The van der Waals surface area contributed by atoms with Gasteiger partial charge in [0.2, 0.25) is 0 Å². The number of nitrogens with two attached hydrogens (primary N) is 1. The van der Waals surface area contributed by atoms with Crippen LogP contribution in [0.1, 0.15) is 18.5 Å².